The van der Waals surface area contributed by atoms with Gasteiger partial charge in [-0.15, -0.1) is 0 Å². The molecule has 0 aliphatic carbocycles. The molecule has 1 atom stereocenters. The van der Waals surface area contributed by atoms with Crippen molar-refractivity contribution < 1.29 is 22.8 Å². The van der Waals surface area contributed by atoms with E-state index in [0.29, 0.717) is 54.0 Å². The molecule has 3 aromatic rings. The van der Waals surface area contributed by atoms with Gasteiger partial charge in [-0.1, -0.05) is 16.8 Å². The minimum atomic E-state index is -3.19. The number of sulfonamides is 1. The molecule has 10 nitrogen and oxygen atoms in total. The molecular weight excluding hydrogens is 554 g/mol. The molecule has 0 radical (unpaired) electrons. The first-order valence-electron chi connectivity index (χ1n) is 13.6. The average molecular weight is 592 g/mol. The van der Waals surface area contributed by atoms with Gasteiger partial charge in [0.2, 0.25) is 10.0 Å². The first-order chi connectivity index (χ1) is 19.0. The van der Waals surface area contributed by atoms with E-state index in [2.05, 4.69) is 10.5 Å². The van der Waals surface area contributed by atoms with Crippen molar-refractivity contribution in [2.24, 2.45) is 5.92 Å². The Kier molecular flexibility index (Phi) is 9.84. The number of aliphatic hydroxyl groups excluding tert-OH is 1. The SMILES string of the molecule is CCS(=O)(=O)N1CCC(Cc2nc(-c3cc(OC[C@@H](O)CNC)ccc3Cl)nc(-c3c(C)noc3C)c2C)CC1. The van der Waals surface area contributed by atoms with E-state index < -0.39 is 16.1 Å². The maximum Gasteiger partial charge on any atom is 0.213 e. The van der Waals surface area contributed by atoms with Crippen molar-refractivity contribution in [2.75, 3.05) is 39.0 Å². The third-order valence-electron chi connectivity index (χ3n) is 7.39. The van der Waals surface area contributed by atoms with E-state index in [1.165, 1.54) is 0 Å². The van der Waals surface area contributed by atoms with Crippen LogP contribution in [0.15, 0.2) is 22.7 Å². The summed E-state index contributed by atoms with van der Waals surface area (Å²) in [5.74, 6) is 2.05. The number of ether oxygens (including phenoxy) is 1. The summed E-state index contributed by atoms with van der Waals surface area (Å²) < 4.78 is 37.6. The van der Waals surface area contributed by atoms with E-state index in [0.717, 1.165) is 41.1 Å². The molecule has 1 fully saturated rings. The van der Waals surface area contributed by atoms with Gasteiger partial charge in [0.15, 0.2) is 5.82 Å². The van der Waals surface area contributed by atoms with Gasteiger partial charge in [-0.05, 0) is 83.7 Å². The van der Waals surface area contributed by atoms with Crippen LogP contribution in [0, 0.1) is 26.7 Å². The molecule has 0 spiro atoms. The van der Waals surface area contributed by atoms with E-state index in [4.69, 9.17) is 30.8 Å². The number of piperidine rings is 1. The fourth-order valence-corrected chi connectivity index (χ4v) is 6.38. The molecular formula is C28H38ClN5O5S. The maximum atomic E-state index is 12.3. The second kappa shape index (κ2) is 12.9. The largest absolute Gasteiger partial charge is 0.491 e. The van der Waals surface area contributed by atoms with Gasteiger partial charge in [-0.3, -0.25) is 0 Å². The van der Waals surface area contributed by atoms with Crippen LogP contribution in [-0.4, -0.2) is 78.1 Å². The summed E-state index contributed by atoms with van der Waals surface area (Å²) in [7, 11) is -1.43. The monoisotopic (exact) mass is 591 g/mol. The zero-order valence-electron chi connectivity index (χ0n) is 23.7. The van der Waals surface area contributed by atoms with Gasteiger partial charge in [-0.2, -0.15) is 0 Å². The summed E-state index contributed by atoms with van der Waals surface area (Å²) in [6, 6.07) is 5.27. The fraction of sp³-hybridized carbons (Fsp3) is 0.536. The van der Waals surface area contributed by atoms with E-state index >= 15 is 0 Å². The molecule has 3 heterocycles. The van der Waals surface area contributed by atoms with Crippen LogP contribution in [0.25, 0.3) is 22.6 Å². The zero-order chi connectivity index (χ0) is 29.0. The van der Waals surface area contributed by atoms with Gasteiger partial charge in [0.1, 0.15) is 24.2 Å². The maximum absolute atomic E-state index is 12.3. The number of nitrogens with one attached hydrogen (secondary N) is 1. The third kappa shape index (κ3) is 6.83. The van der Waals surface area contributed by atoms with Gasteiger partial charge >= 0.3 is 0 Å². The van der Waals surface area contributed by atoms with Gasteiger partial charge in [0.25, 0.3) is 0 Å². The topological polar surface area (TPSA) is 131 Å². The van der Waals surface area contributed by atoms with Crippen LogP contribution >= 0.6 is 11.6 Å². The Morgan fingerprint density at radius 2 is 1.95 bits per heavy atom. The van der Waals surface area contributed by atoms with Gasteiger partial charge < -0.3 is 19.7 Å². The molecule has 0 bridgehead atoms. The number of hydrogen-bond acceptors (Lipinski definition) is 9. The molecule has 2 N–H and O–H groups in total. The lowest BCUT2D eigenvalue weighted by Gasteiger charge is -2.31. The number of hydrogen-bond donors (Lipinski definition) is 2. The molecule has 1 aliphatic rings. The van der Waals surface area contributed by atoms with E-state index in [1.807, 2.05) is 20.8 Å². The second-order valence-corrected chi connectivity index (χ2v) is 12.9. The Hall–Kier alpha value is -2.57. The van der Waals surface area contributed by atoms with Gasteiger partial charge in [-0.25, -0.2) is 22.7 Å². The minimum absolute atomic E-state index is 0.116. The molecule has 1 saturated heterocycles. The lowest BCUT2D eigenvalue weighted by molar-refractivity contribution is 0.108. The quantitative estimate of drug-likeness (QED) is 0.340. The Labute approximate surface area is 241 Å². The van der Waals surface area contributed by atoms with Crippen molar-refractivity contribution in [3.63, 3.8) is 0 Å². The highest BCUT2D eigenvalue weighted by molar-refractivity contribution is 7.89. The minimum Gasteiger partial charge on any atom is -0.491 e. The van der Waals surface area contributed by atoms with Gasteiger partial charge in [0, 0.05) is 30.9 Å². The highest BCUT2D eigenvalue weighted by Gasteiger charge is 2.28. The van der Waals surface area contributed by atoms with E-state index in [-0.39, 0.29) is 18.3 Å². The number of halogens is 1. The van der Waals surface area contributed by atoms with Crippen molar-refractivity contribution in [3.8, 4) is 28.4 Å². The molecule has 0 saturated carbocycles. The van der Waals surface area contributed by atoms with Crippen molar-refractivity contribution in [3.05, 3.63) is 45.9 Å². The normalized spacial score (nSPS) is 15.9. The lowest BCUT2D eigenvalue weighted by atomic mass is 9.90. The number of nitrogens with zero attached hydrogens (tertiary/aromatic N) is 4. The molecule has 4 rings (SSSR count). The summed E-state index contributed by atoms with van der Waals surface area (Å²) in [6.45, 7) is 8.99. The number of aliphatic hydroxyl groups is 1. The van der Waals surface area contributed by atoms with Gasteiger partial charge in [0.05, 0.1) is 27.7 Å². The van der Waals surface area contributed by atoms with Crippen LogP contribution in [0.5, 0.6) is 5.75 Å². The standard InChI is InChI=1S/C28H38ClN5O5S/c1-6-40(36,37)34-11-9-20(10-12-34)13-25-17(2)27(26-18(3)33-39-19(26)4)32-28(31-25)23-14-22(7-8-24(23)29)38-16-21(35)15-30-5/h7-8,14,20-21,30,35H,6,9-13,15-16H2,1-5H3/t21-/m0/s1. The van der Waals surface area contributed by atoms with Crippen LogP contribution in [0.1, 0.15) is 42.5 Å². The summed E-state index contributed by atoms with van der Waals surface area (Å²) in [5.41, 5.74) is 4.71. The Bertz CT molecular complexity index is 1420. The molecule has 0 amide bonds. The molecule has 2 aromatic heterocycles. The first-order valence-corrected chi connectivity index (χ1v) is 15.6. The fourth-order valence-electron chi connectivity index (χ4n) is 5.05. The van der Waals surface area contributed by atoms with Crippen LogP contribution in [-0.2, 0) is 16.4 Å². The smallest absolute Gasteiger partial charge is 0.213 e. The van der Waals surface area contributed by atoms with Crippen molar-refractivity contribution in [2.45, 2.75) is 53.1 Å². The van der Waals surface area contributed by atoms with E-state index in [1.54, 1.807) is 36.5 Å². The molecule has 218 valence electrons. The highest BCUT2D eigenvalue weighted by atomic mass is 35.5. The highest BCUT2D eigenvalue weighted by Crippen LogP contribution is 2.36. The summed E-state index contributed by atoms with van der Waals surface area (Å²) in [4.78, 5) is 9.93. The number of benzene rings is 1. The molecule has 40 heavy (non-hydrogen) atoms. The molecule has 1 aromatic carbocycles. The molecule has 12 heteroatoms. The summed E-state index contributed by atoms with van der Waals surface area (Å²) in [6.07, 6.45) is 1.55. The van der Waals surface area contributed by atoms with Crippen LogP contribution in [0.4, 0.5) is 0 Å². The number of aromatic nitrogens is 3. The Balaban J connectivity index is 1.70. The third-order valence-corrected chi connectivity index (χ3v) is 9.60. The van der Waals surface area contributed by atoms with Crippen LogP contribution < -0.4 is 10.1 Å². The Morgan fingerprint density at radius 3 is 2.58 bits per heavy atom. The predicted molar refractivity (Wildman–Crippen MR) is 155 cm³/mol. The van der Waals surface area contributed by atoms with Crippen molar-refractivity contribution in [1.29, 1.82) is 0 Å². The second-order valence-electron chi connectivity index (χ2n) is 10.3. The average Bonchev–Trinajstić information content (AvgIpc) is 3.27. The lowest BCUT2D eigenvalue weighted by Crippen LogP contribution is -2.39. The summed E-state index contributed by atoms with van der Waals surface area (Å²) in [5, 5.41) is 17.6. The van der Waals surface area contributed by atoms with Crippen molar-refractivity contribution >= 4 is 21.6 Å². The number of aryl methyl sites for hydroxylation is 2. The molecule has 0 unspecified atom stereocenters. The zero-order valence-corrected chi connectivity index (χ0v) is 25.3. The van der Waals surface area contributed by atoms with Crippen LogP contribution in [0.3, 0.4) is 0 Å². The number of likely N-dealkylation sites (N-methyl/N-ethyl adjacent to an activating group) is 1. The first kappa shape index (κ1) is 30.4. The van der Waals surface area contributed by atoms with E-state index in [9.17, 15) is 13.5 Å². The van der Waals surface area contributed by atoms with Crippen molar-refractivity contribution in [1.82, 2.24) is 24.7 Å². The summed E-state index contributed by atoms with van der Waals surface area (Å²) >= 11 is 6.65. The Morgan fingerprint density at radius 1 is 1.23 bits per heavy atom. The number of rotatable bonds is 11. The van der Waals surface area contributed by atoms with Crippen LogP contribution in [0.2, 0.25) is 5.02 Å². The molecule has 1 aliphatic heterocycles. The predicted octanol–water partition coefficient (Wildman–Crippen LogP) is 3.94.